The molecule has 4 heteroatoms. The van der Waals surface area contributed by atoms with E-state index >= 15 is 0 Å². The monoisotopic (exact) mass is 456 g/mol. The Labute approximate surface area is 199 Å². The average molecular weight is 457 g/mol. The lowest BCUT2D eigenvalue weighted by Crippen LogP contribution is -2.13. The summed E-state index contributed by atoms with van der Waals surface area (Å²) in [6.07, 6.45) is 26.6. The van der Waals surface area contributed by atoms with Gasteiger partial charge in [-0.15, -0.1) is 0 Å². The zero-order chi connectivity index (χ0) is 23.7. The van der Waals surface area contributed by atoms with E-state index in [0.29, 0.717) is 6.42 Å². The summed E-state index contributed by atoms with van der Waals surface area (Å²) >= 11 is 0. The Bertz CT molecular complexity index is 386. The van der Waals surface area contributed by atoms with E-state index in [0.717, 1.165) is 51.4 Å². The smallest absolute Gasteiger partial charge is 0.303 e. The van der Waals surface area contributed by atoms with Crippen LogP contribution in [0.2, 0.25) is 0 Å². The Kier molecular flexibility index (Phi) is 24.5. The van der Waals surface area contributed by atoms with Gasteiger partial charge < -0.3 is 15.3 Å². The van der Waals surface area contributed by atoms with Gasteiger partial charge in [-0.2, -0.15) is 0 Å². The molecule has 0 aromatic carbocycles. The van der Waals surface area contributed by atoms with Crippen LogP contribution in [0.15, 0.2) is 0 Å². The molecule has 0 aliphatic heterocycles. The van der Waals surface area contributed by atoms with Crippen molar-refractivity contribution < 1.29 is 20.1 Å². The molecule has 4 nitrogen and oxygen atoms in total. The molecule has 0 heterocycles. The quantitative estimate of drug-likeness (QED) is 0.115. The molecule has 0 aromatic heterocycles. The van der Waals surface area contributed by atoms with Crippen LogP contribution in [0.4, 0.5) is 0 Å². The number of rotatable bonds is 26. The molecule has 2 atom stereocenters. The molecule has 0 fully saturated rings. The molecule has 0 saturated carbocycles. The Balaban J connectivity index is 3.23. The van der Waals surface area contributed by atoms with Crippen LogP contribution in [0.1, 0.15) is 161 Å². The minimum Gasteiger partial charge on any atom is -0.481 e. The van der Waals surface area contributed by atoms with Crippen molar-refractivity contribution in [1.29, 1.82) is 0 Å². The number of hydrogen-bond donors (Lipinski definition) is 3. The molecular weight excluding hydrogens is 400 g/mol. The molecule has 192 valence electrons. The van der Waals surface area contributed by atoms with Crippen LogP contribution >= 0.6 is 0 Å². The number of unbranched alkanes of at least 4 members (excludes halogenated alkanes) is 17. The highest BCUT2D eigenvalue weighted by atomic mass is 16.4. The molecule has 0 rings (SSSR count). The van der Waals surface area contributed by atoms with Gasteiger partial charge in [-0.3, -0.25) is 4.79 Å². The number of carboxylic acids is 1. The predicted molar refractivity (Wildman–Crippen MR) is 136 cm³/mol. The van der Waals surface area contributed by atoms with Crippen molar-refractivity contribution in [2.75, 3.05) is 0 Å². The number of aliphatic carboxylic acids is 1. The highest BCUT2D eigenvalue weighted by Crippen LogP contribution is 2.16. The summed E-state index contributed by atoms with van der Waals surface area (Å²) in [5.74, 6) is -0.669. The second-order valence-electron chi connectivity index (χ2n) is 9.97. The normalized spacial score (nSPS) is 13.3. The molecule has 2 unspecified atom stereocenters. The third-order valence-corrected chi connectivity index (χ3v) is 6.65. The first-order valence-electron chi connectivity index (χ1n) is 14.1. The van der Waals surface area contributed by atoms with Gasteiger partial charge in [0.05, 0.1) is 12.2 Å². The molecule has 32 heavy (non-hydrogen) atoms. The largest absolute Gasteiger partial charge is 0.481 e. The molecule has 0 aliphatic carbocycles. The van der Waals surface area contributed by atoms with Gasteiger partial charge in [-0.1, -0.05) is 122 Å². The summed E-state index contributed by atoms with van der Waals surface area (Å²) in [4.78, 5) is 10.4. The summed E-state index contributed by atoms with van der Waals surface area (Å²) in [6.45, 7) is 2.22. The number of carboxylic acid groups (broad SMARTS) is 1. The summed E-state index contributed by atoms with van der Waals surface area (Å²) in [7, 11) is 0. The van der Waals surface area contributed by atoms with Crippen LogP contribution in [0.25, 0.3) is 0 Å². The van der Waals surface area contributed by atoms with Crippen LogP contribution in [0, 0.1) is 0 Å². The Morgan fingerprint density at radius 2 is 0.812 bits per heavy atom. The lowest BCUT2D eigenvalue weighted by atomic mass is 10.00. The van der Waals surface area contributed by atoms with Crippen LogP contribution in [-0.2, 0) is 4.79 Å². The molecule has 0 aromatic rings. The van der Waals surface area contributed by atoms with Crippen LogP contribution in [-0.4, -0.2) is 33.5 Å². The Morgan fingerprint density at radius 1 is 0.500 bits per heavy atom. The minimum absolute atomic E-state index is 0.227. The minimum atomic E-state index is -0.669. The first kappa shape index (κ1) is 31.4. The van der Waals surface area contributed by atoms with Gasteiger partial charge in [-0.25, -0.2) is 0 Å². The van der Waals surface area contributed by atoms with Crippen molar-refractivity contribution in [3.8, 4) is 0 Å². The number of hydrogen-bond acceptors (Lipinski definition) is 3. The summed E-state index contributed by atoms with van der Waals surface area (Å²) < 4.78 is 0. The maximum absolute atomic E-state index is 10.4. The highest BCUT2D eigenvalue weighted by Gasteiger charge is 2.09. The first-order chi connectivity index (χ1) is 15.6. The third-order valence-electron chi connectivity index (χ3n) is 6.65. The summed E-state index contributed by atoms with van der Waals surface area (Å²) in [6, 6.07) is 0. The molecule has 0 aliphatic rings. The maximum Gasteiger partial charge on any atom is 0.303 e. The molecule has 0 radical (unpaired) electrons. The van der Waals surface area contributed by atoms with Crippen molar-refractivity contribution in [3.63, 3.8) is 0 Å². The van der Waals surface area contributed by atoms with Crippen molar-refractivity contribution in [1.82, 2.24) is 0 Å². The van der Waals surface area contributed by atoms with Crippen molar-refractivity contribution >= 4 is 5.97 Å². The predicted octanol–water partition coefficient (Wildman–Crippen LogP) is 8.18. The van der Waals surface area contributed by atoms with E-state index in [1.165, 1.54) is 96.3 Å². The summed E-state index contributed by atoms with van der Waals surface area (Å²) in [5.41, 5.74) is 0. The molecule has 0 saturated heterocycles. The second kappa shape index (κ2) is 25.0. The van der Waals surface area contributed by atoms with Crippen LogP contribution < -0.4 is 0 Å². The highest BCUT2D eigenvalue weighted by molar-refractivity contribution is 5.66. The van der Waals surface area contributed by atoms with Crippen LogP contribution in [0.5, 0.6) is 0 Å². The van der Waals surface area contributed by atoms with E-state index in [9.17, 15) is 15.0 Å². The number of aliphatic hydroxyl groups excluding tert-OH is 2. The molecule has 0 spiro atoms. The molecular formula is C28H56O4. The fraction of sp³-hybridized carbons (Fsp3) is 0.964. The third kappa shape index (κ3) is 25.6. The van der Waals surface area contributed by atoms with Crippen LogP contribution in [0.3, 0.4) is 0 Å². The van der Waals surface area contributed by atoms with E-state index in [2.05, 4.69) is 6.92 Å². The second-order valence-corrected chi connectivity index (χ2v) is 9.97. The van der Waals surface area contributed by atoms with Gasteiger partial charge >= 0.3 is 5.97 Å². The zero-order valence-electron chi connectivity index (χ0n) is 21.4. The van der Waals surface area contributed by atoms with Gasteiger partial charge in [0.1, 0.15) is 0 Å². The number of aliphatic hydroxyl groups is 2. The van der Waals surface area contributed by atoms with E-state index in [-0.39, 0.29) is 12.2 Å². The fourth-order valence-corrected chi connectivity index (χ4v) is 4.43. The lowest BCUT2D eigenvalue weighted by Gasteiger charge is -2.14. The SMILES string of the molecule is CCCCCCCC(O)CCC(O)CCCCCCCCCCCCCCCCC(=O)O. The standard InChI is InChI=1S/C28H56O4/c1-2-3-4-15-18-21-26(29)24-25-27(30)22-19-16-13-11-9-7-5-6-8-10-12-14-17-20-23-28(31)32/h26-27,29-30H,2-25H2,1H3,(H,31,32). The van der Waals surface area contributed by atoms with Crippen molar-refractivity contribution in [2.45, 2.75) is 173 Å². The van der Waals surface area contributed by atoms with Gasteiger partial charge in [0.2, 0.25) is 0 Å². The average Bonchev–Trinajstić information content (AvgIpc) is 2.77. The first-order valence-corrected chi connectivity index (χ1v) is 14.1. The molecule has 0 amide bonds. The van der Waals surface area contributed by atoms with Crippen molar-refractivity contribution in [2.24, 2.45) is 0 Å². The summed E-state index contributed by atoms with van der Waals surface area (Å²) in [5, 5.41) is 28.8. The lowest BCUT2D eigenvalue weighted by molar-refractivity contribution is -0.137. The van der Waals surface area contributed by atoms with Gasteiger partial charge in [0.25, 0.3) is 0 Å². The van der Waals surface area contributed by atoms with E-state index in [1.807, 2.05) is 0 Å². The van der Waals surface area contributed by atoms with Gasteiger partial charge in [0.15, 0.2) is 0 Å². The molecule has 0 bridgehead atoms. The van der Waals surface area contributed by atoms with E-state index in [1.54, 1.807) is 0 Å². The molecule has 3 N–H and O–H groups in total. The van der Waals surface area contributed by atoms with E-state index < -0.39 is 5.97 Å². The van der Waals surface area contributed by atoms with Gasteiger partial charge in [-0.05, 0) is 32.1 Å². The number of carbonyl (C=O) groups is 1. The topological polar surface area (TPSA) is 77.8 Å². The van der Waals surface area contributed by atoms with Gasteiger partial charge in [0, 0.05) is 6.42 Å². The Hall–Kier alpha value is -0.610. The zero-order valence-corrected chi connectivity index (χ0v) is 21.4. The Morgan fingerprint density at radius 3 is 1.16 bits per heavy atom. The van der Waals surface area contributed by atoms with E-state index in [4.69, 9.17) is 5.11 Å². The van der Waals surface area contributed by atoms with Crippen molar-refractivity contribution in [3.05, 3.63) is 0 Å². The maximum atomic E-state index is 10.4. The fourth-order valence-electron chi connectivity index (χ4n) is 4.43.